The van der Waals surface area contributed by atoms with E-state index in [0.717, 1.165) is 30.0 Å². The predicted octanol–water partition coefficient (Wildman–Crippen LogP) is 2.37. The van der Waals surface area contributed by atoms with E-state index in [9.17, 15) is 4.79 Å². The third kappa shape index (κ3) is 2.26. The zero-order valence-electron chi connectivity index (χ0n) is 15.2. The number of likely N-dealkylation sites (tertiary alicyclic amines) is 1. The second-order valence-corrected chi connectivity index (χ2v) is 7.94. The van der Waals surface area contributed by atoms with Crippen molar-refractivity contribution in [2.75, 3.05) is 13.1 Å². The molecule has 0 bridgehead atoms. The van der Waals surface area contributed by atoms with Crippen molar-refractivity contribution in [2.45, 2.75) is 32.6 Å². The van der Waals surface area contributed by atoms with Gasteiger partial charge in [-0.3, -0.25) is 9.89 Å². The van der Waals surface area contributed by atoms with Crippen LogP contribution < -0.4 is 0 Å². The monoisotopic (exact) mass is 350 g/mol. The van der Waals surface area contributed by atoms with E-state index in [1.165, 1.54) is 5.56 Å². The van der Waals surface area contributed by atoms with Crippen LogP contribution in [0.1, 0.15) is 53.1 Å². The minimum atomic E-state index is 0.0303. The number of aromatic amines is 1. The molecule has 7 heteroatoms. The number of aryl methyl sites for hydroxylation is 1. The number of nitrogens with one attached hydrogen (secondary N) is 1. The number of piperidine rings is 1. The van der Waals surface area contributed by atoms with Crippen LogP contribution in [0.5, 0.6) is 0 Å². The first-order chi connectivity index (χ1) is 12.5. The number of pyridine rings is 1. The van der Waals surface area contributed by atoms with E-state index in [4.69, 9.17) is 0 Å². The lowest BCUT2D eigenvalue weighted by molar-refractivity contribution is 0.0766. The summed E-state index contributed by atoms with van der Waals surface area (Å²) in [6.07, 6.45) is 1.96. The Hall–Kier alpha value is -2.70. The number of rotatable bonds is 3. The van der Waals surface area contributed by atoms with Gasteiger partial charge in [-0.05, 0) is 48.4 Å². The Morgan fingerprint density at radius 1 is 1.27 bits per heavy atom. The van der Waals surface area contributed by atoms with Crippen LogP contribution >= 0.6 is 0 Å². The lowest BCUT2D eigenvalue weighted by Crippen LogP contribution is -2.31. The first-order valence-corrected chi connectivity index (χ1v) is 9.19. The zero-order valence-corrected chi connectivity index (χ0v) is 15.2. The van der Waals surface area contributed by atoms with Crippen LogP contribution in [0.3, 0.4) is 0 Å². The Labute approximate surface area is 151 Å². The maximum absolute atomic E-state index is 12.7. The van der Waals surface area contributed by atoms with Gasteiger partial charge >= 0.3 is 0 Å². The van der Waals surface area contributed by atoms with Gasteiger partial charge in [0.05, 0.1) is 11.2 Å². The number of hydrogen-bond donors (Lipinski definition) is 1. The molecule has 3 atom stereocenters. The summed E-state index contributed by atoms with van der Waals surface area (Å²) in [7, 11) is 0. The lowest BCUT2D eigenvalue weighted by atomic mass is 10.1. The highest BCUT2D eigenvalue weighted by Gasteiger charge is 2.59. The Kier molecular flexibility index (Phi) is 3.23. The zero-order chi connectivity index (χ0) is 18.0. The lowest BCUT2D eigenvalue weighted by Gasteiger charge is -2.18. The number of fused-ring (bicyclic) bond motifs is 2. The molecular formula is C19H22N6O. The molecule has 0 aromatic carbocycles. The molecule has 2 aliphatic rings. The predicted molar refractivity (Wildman–Crippen MR) is 96.0 cm³/mol. The summed E-state index contributed by atoms with van der Waals surface area (Å²) in [6.45, 7) is 7.82. The van der Waals surface area contributed by atoms with Crippen LogP contribution in [0.15, 0.2) is 24.4 Å². The molecule has 1 unspecified atom stereocenters. The molecule has 1 aliphatic carbocycles. The van der Waals surface area contributed by atoms with E-state index in [1.807, 2.05) is 27.7 Å². The number of carbonyl (C=O) groups is 1. The normalized spacial score (nSPS) is 24.5. The molecule has 134 valence electrons. The van der Waals surface area contributed by atoms with E-state index in [-0.39, 0.29) is 5.91 Å². The topological polar surface area (TPSA) is 79.2 Å². The molecular weight excluding hydrogens is 328 g/mol. The summed E-state index contributed by atoms with van der Waals surface area (Å²) in [5, 5.41) is 15.8. The van der Waals surface area contributed by atoms with E-state index >= 15 is 0 Å². The molecule has 1 saturated heterocycles. The van der Waals surface area contributed by atoms with Crippen LogP contribution in [0.2, 0.25) is 0 Å². The second kappa shape index (κ2) is 5.40. The summed E-state index contributed by atoms with van der Waals surface area (Å²) in [5.74, 6) is 1.77. The minimum Gasteiger partial charge on any atom is -0.337 e. The SMILES string of the molecule is Cc1ccn2nnc(C3[C@H]4CN(C(=O)c5cc(C(C)C)[nH]n5)C[C@@H]34)c2c1. The molecule has 3 aromatic rings. The fourth-order valence-corrected chi connectivity index (χ4v) is 4.25. The maximum atomic E-state index is 12.7. The average Bonchev–Trinajstić information content (AvgIpc) is 3.10. The van der Waals surface area contributed by atoms with Crippen LogP contribution in [-0.2, 0) is 0 Å². The Balaban J connectivity index is 1.32. The number of amides is 1. The van der Waals surface area contributed by atoms with Crippen molar-refractivity contribution in [3.05, 3.63) is 47.0 Å². The van der Waals surface area contributed by atoms with Crippen LogP contribution in [0, 0.1) is 18.8 Å². The van der Waals surface area contributed by atoms with Crippen LogP contribution in [0.4, 0.5) is 0 Å². The van der Waals surface area contributed by atoms with Crippen molar-refractivity contribution in [1.82, 2.24) is 29.9 Å². The van der Waals surface area contributed by atoms with Crippen molar-refractivity contribution in [2.24, 2.45) is 11.8 Å². The van der Waals surface area contributed by atoms with Gasteiger partial charge in [0.1, 0.15) is 5.69 Å². The van der Waals surface area contributed by atoms with Crippen molar-refractivity contribution >= 4 is 11.4 Å². The van der Waals surface area contributed by atoms with E-state index < -0.39 is 0 Å². The molecule has 5 rings (SSSR count). The first kappa shape index (κ1) is 15.5. The van der Waals surface area contributed by atoms with Crippen molar-refractivity contribution < 1.29 is 4.79 Å². The minimum absolute atomic E-state index is 0.0303. The number of H-pyrrole nitrogens is 1. The van der Waals surface area contributed by atoms with Gasteiger partial charge in [-0.2, -0.15) is 5.10 Å². The Morgan fingerprint density at radius 3 is 2.73 bits per heavy atom. The van der Waals surface area contributed by atoms with Gasteiger partial charge in [0.25, 0.3) is 5.91 Å². The number of hydrogen-bond acceptors (Lipinski definition) is 4. The third-order valence-electron chi connectivity index (χ3n) is 5.84. The smallest absolute Gasteiger partial charge is 0.274 e. The highest BCUT2D eigenvalue weighted by Crippen LogP contribution is 2.58. The quantitative estimate of drug-likeness (QED) is 0.786. The first-order valence-electron chi connectivity index (χ1n) is 9.19. The fraction of sp³-hybridized carbons (Fsp3) is 0.474. The molecule has 3 aromatic heterocycles. The van der Waals surface area contributed by atoms with Crippen LogP contribution in [-0.4, -0.2) is 48.9 Å². The summed E-state index contributed by atoms with van der Waals surface area (Å²) in [4.78, 5) is 14.6. The van der Waals surface area contributed by atoms with Crippen molar-refractivity contribution in [3.63, 3.8) is 0 Å². The summed E-state index contributed by atoms with van der Waals surface area (Å²) in [6, 6.07) is 6.06. The van der Waals surface area contributed by atoms with Gasteiger partial charge in [-0.1, -0.05) is 19.1 Å². The van der Waals surface area contributed by atoms with E-state index in [1.54, 1.807) is 0 Å². The standard InChI is InChI=1S/C19H22N6O/c1-10(2)14-7-15(21-20-14)19(26)24-8-12-13(9-24)17(12)18-16-6-11(3)4-5-25(16)23-22-18/h4-7,10,12-13,17H,8-9H2,1-3H3,(H,20,21)/t12-,13+,17?. The summed E-state index contributed by atoms with van der Waals surface area (Å²) >= 11 is 0. The largest absolute Gasteiger partial charge is 0.337 e. The Morgan fingerprint density at radius 2 is 2.04 bits per heavy atom. The average molecular weight is 350 g/mol. The van der Waals surface area contributed by atoms with Gasteiger partial charge in [0.2, 0.25) is 0 Å². The molecule has 26 heavy (non-hydrogen) atoms. The van der Waals surface area contributed by atoms with Crippen LogP contribution in [0.25, 0.3) is 5.52 Å². The van der Waals surface area contributed by atoms with E-state index in [2.05, 4.69) is 47.3 Å². The van der Waals surface area contributed by atoms with Gasteiger partial charge in [-0.15, -0.1) is 5.10 Å². The fourth-order valence-electron chi connectivity index (χ4n) is 4.25. The molecule has 1 saturated carbocycles. The molecule has 1 aliphatic heterocycles. The summed E-state index contributed by atoms with van der Waals surface area (Å²) < 4.78 is 1.84. The molecule has 1 amide bonds. The van der Waals surface area contributed by atoms with Gasteiger partial charge in [0.15, 0.2) is 0 Å². The van der Waals surface area contributed by atoms with Gasteiger partial charge < -0.3 is 4.90 Å². The molecule has 1 N–H and O–H groups in total. The summed E-state index contributed by atoms with van der Waals surface area (Å²) in [5.41, 5.74) is 4.91. The maximum Gasteiger partial charge on any atom is 0.274 e. The number of nitrogens with zero attached hydrogens (tertiary/aromatic N) is 5. The third-order valence-corrected chi connectivity index (χ3v) is 5.84. The highest BCUT2D eigenvalue weighted by atomic mass is 16.2. The number of carbonyl (C=O) groups excluding carboxylic acids is 1. The molecule has 0 radical (unpaired) electrons. The van der Waals surface area contributed by atoms with E-state index in [0.29, 0.717) is 29.4 Å². The van der Waals surface area contributed by atoms with Crippen molar-refractivity contribution in [3.8, 4) is 0 Å². The number of aromatic nitrogens is 5. The van der Waals surface area contributed by atoms with Gasteiger partial charge in [0, 0.05) is 30.9 Å². The Bertz CT molecular complexity index is 991. The molecule has 2 fully saturated rings. The molecule has 0 spiro atoms. The van der Waals surface area contributed by atoms with Crippen molar-refractivity contribution in [1.29, 1.82) is 0 Å². The molecule has 4 heterocycles. The van der Waals surface area contributed by atoms with Gasteiger partial charge in [-0.25, -0.2) is 4.52 Å². The second-order valence-electron chi connectivity index (χ2n) is 7.94. The highest BCUT2D eigenvalue weighted by molar-refractivity contribution is 5.92. The molecule has 7 nitrogen and oxygen atoms in total.